The van der Waals surface area contributed by atoms with Crippen LogP contribution in [0.3, 0.4) is 0 Å². The summed E-state index contributed by atoms with van der Waals surface area (Å²) >= 11 is 6.05. The summed E-state index contributed by atoms with van der Waals surface area (Å²) in [5, 5.41) is 13.8. The zero-order valence-corrected chi connectivity index (χ0v) is 18.1. The Kier molecular flexibility index (Phi) is 5.06. The molecule has 1 saturated heterocycles. The van der Waals surface area contributed by atoms with Crippen LogP contribution in [0.5, 0.6) is 5.75 Å². The van der Waals surface area contributed by atoms with E-state index in [0.717, 1.165) is 10.9 Å². The number of nitrogens with one attached hydrogen (secondary N) is 2. The van der Waals surface area contributed by atoms with Gasteiger partial charge in [-0.25, -0.2) is 9.18 Å². The molecular formula is C23H22ClFN4O3. The fraction of sp³-hybridized carbons (Fsp3) is 0.304. The molecular weight excluding hydrogens is 435 g/mol. The Hall–Kier alpha value is -3.10. The molecule has 3 heterocycles. The van der Waals surface area contributed by atoms with Crippen LogP contribution in [-0.4, -0.2) is 58.0 Å². The van der Waals surface area contributed by atoms with Gasteiger partial charge in [0.1, 0.15) is 23.7 Å². The van der Waals surface area contributed by atoms with Gasteiger partial charge in [-0.05, 0) is 55.4 Å². The van der Waals surface area contributed by atoms with Crippen LogP contribution in [0.1, 0.15) is 29.3 Å². The second-order valence-corrected chi connectivity index (χ2v) is 8.59. The number of imide groups is 1. The molecule has 3 N–H and O–H groups in total. The fourth-order valence-electron chi connectivity index (χ4n) is 4.84. The van der Waals surface area contributed by atoms with Crippen LogP contribution in [0, 0.1) is 5.82 Å². The summed E-state index contributed by atoms with van der Waals surface area (Å²) in [6.45, 7) is 1.01. The number of aromatic hydroxyl groups is 1. The highest BCUT2D eigenvalue weighted by molar-refractivity contribution is 6.31. The predicted octanol–water partition coefficient (Wildman–Crippen LogP) is 3.55. The van der Waals surface area contributed by atoms with Gasteiger partial charge >= 0.3 is 6.03 Å². The van der Waals surface area contributed by atoms with Crippen LogP contribution >= 0.6 is 11.6 Å². The van der Waals surface area contributed by atoms with Gasteiger partial charge in [0.2, 0.25) is 0 Å². The molecule has 7 nitrogen and oxygen atoms in total. The number of urea groups is 1. The molecule has 2 aromatic carbocycles. The van der Waals surface area contributed by atoms with Crippen molar-refractivity contribution in [1.82, 2.24) is 20.1 Å². The number of rotatable bonds is 5. The molecule has 3 amide bonds. The SMILES string of the molecule is CNCCCN1C(=O)[C@@H]2Cc3c([nH]c4cc(F)c(Cl)cc34)C(c3cccc(O)c3)N2C1=O. The first-order chi connectivity index (χ1) is 15.4. The molecule has 166 valence electrons. The average molecular weight is 457 g/mol. The third-order valence-electron chi connectivity index (χ3n) is 6.26. The Bertz CT molecular complexity index is 1240. The lowest BCUT2D eigenvalue weighted by Crippen LogP contribution is -2.44. The number of phenolic OH excluding ortho intramolecular Hbond substituents is 1. The van der Waals surface area contributed by atoms with Crippen molar-refractivity contribution in [2.75, 3.05) is 20.1 Å². The molecule has 0 radical (unpaired) electrons. The summed E-state index contributed by atoms with van der Waals surface area (Å²) < 4.78 is 14.1. The molecule has 1 unspecified atom stereocenters. The van der Waals surface area contributed by atoms with Gasteiger partial charge in [0.05, 0.1) is 5.02 Å². The van der Waals surface area contributed by atoms with E-state index < -0.39 is 17.9 Å². The molecule has 1 aromatic heterocycles. The van der Waals surface area contributed by atoms with Crippen molar-refractivity contribution in [2.24, 2.45) is 0 Å². The van der Waals surface area contributed by atoms with E-state index in [2.05, 4.69) is 10.3 Å². The molecule has 0 bridgehead atoms. The van der Waals surface area contributed by atoms with E-state index in [-0.39, 0.29) is 22.7 Å². The Morgan fingerprint density at radius 1 is 1.28 bits per heavy atom. The number of amides is 3. The van der Waals surface area contributed by atoms with Gasteiger partial charge in [0, 0.05) is 29.6 Å². The van der Waals surface area contributed by atoms with E-state index in [9.17, 15) is 19.1 Å². The molecule has 2 atom stereocenters. The average Bonchev–Trinajstić information content (AvgIpc) is 3.22. The van der Waals surface area contributed by atoms with Crippen molar-refractivity contribution in [3.05, 3.63) is 64.1 Å². The maximum absolute atomic E-state index is 14.1. The maximum atomic E-state index is 14.1. The van der Waals surface area contributed by atoms with Crippen molar-refractivity contribution in [2.45, 2.75) is 24.9 Å². The van der Waals surface area contributed by atoms with Gasteiger partial charge in [-0.2, -0.15) is 0 Å². The van der Waals surface area contributed by atoms with Crippen LogP contribution in [0.25, 0.3) is 10.9 Å². The molecule has 5 rings (SSSR count). The Balaban J connectivity index is 1.67. The van der Waals surface area contributed by atoms with Gasteiger partial charge in [-0.15, -0.1) is 0 Å². The number of halogens is 2. The van der Waals surface area contributed by atoms with E-state index in [1.165, 1.54) is 11.0 Å². The Morgan fingerprint density at radius 2 is 2.09 bits per heavy atom. The quantitative estimate of drug-likeness (QED) is 0.404. The Labute approximate surface area is 188 Å². The topological polar surface area (TPSA) is 88.7 Å². The molecule has 0 aliphatic carbocycles. The first-order valence-electron chi connectivity index (χ1n) is 10.5. The van der Waals surface area contributed by atoms with Crippen LogP contribution in [-0.2, 0) is 11.2 Å². The first-order valence-corrected chi connectivity index (χ1v) is 10.8. The van der Waals surface area contributed by atoms with E-state index in [4.69, 9.17) is 11.6 Å². The Morgan fingerprint density at radius 3 is 2.84 bits per heavy atom. The molecule has 2 aliphatic rings. The van der Waals surface area contributed by atoms with E-state index in [0.29, 0.717) is 42.7 Å². The summed E-state index contributed by atoms with van der Waals surface area (Å²) in [7, 11) is 1.82. The first kappa shape index (κ1) is 20.8. The zero-order valence-electron chi connectivity index (χ0n) is 17.4. The second-order valence-electron chi connectivity index (χ2n) is 8.18. The maximum Gasteiger partial charge on any atom is 0.328 e. The molecule has 3 aromatic rings. The predicted molar refractivity (Wildman–Crippen MR) is 118 cm³/mol. The monoisotopic (exact) mass is 456 g/mol. The summed E-state index contributed by atoms with van der Waals surface area (Å²) in [6.07, 6.45) is 0.953. The molecule has 0 spiro atoms. The fourth-order valence-corrected chi connectivity index (χ4v) is 5.00. The number of fused-ring (bicyclic) bond motifs is 4. The van der Waals surface area contributed by atoms with Crippen molar-refractivity contribution < 1.29 is 19.1 Å². The number of aromatic amines is 1. The minimum atomic E-state index is -0.681. The van der Waals surface area contributed by atoms with Crippen LogP contribution in [0.15, 0.2) is 36.4 Å². The van der Waals surface area contributed by atoms with Crippen molar-refractivity contribution in [3.8, 4) is 5.75 Å². The van der Waals surface area contributed by atoms with Crippen molar-refractivity contribution >= 4 is 34.4 Å². The lowest BCUT2D eigenvalue weighted by Gasteiger charge is -2.36. The van der Waals surface area contributed by atoms with Crippen molar-refractivity contribution in [3.63, 3.8) is 0 Å². The number of benzene rings is 2. The van der Waals surface area contributed by atoms with Gasteiger partial charge in [-0.3, -0.25) is 14.6 Å². The number of aromatic nitrogens is 1. The highest BCUT2D eigenvalue weighted by atomic mass is 35.5. The molecule has 1 fully saturated rings. The number of hydrogen-bond acceptors (Lipinski definition) is 4. The molecule has 9 heteroatoms. The van der Waals surface area contributed by atoms with Gasteiger partial charge < -0.3 is 15.4 Å². The van der Waals surface area contributed by atoms with Crippen LogP contribution < -0.4 is 5.32 Å². The molecule has 2 aliphatic heterocycles. The highest BCUT2D eigenvalue weighted by Gasteiger charge is 2.52. The van der Waals surface area contributed by atoms with Crippen LogP contribution in [0.4, 0.5) is 9.18 Å². The minimum absolute atomic E-state index is 0.00171. The van der Waals surface area contributed by atoms with E-state index >= 15 is 0 Å². The normalized spacial score (nSPS) is 20.2. The van der Waals surface area contributed by atoms with Crippen LogP contribution in [0.2, 0.25) is 5.02 Å². The minimum Gasteiger partial charge on any atom is -0.508 e. The number of carbonyl (C=O) groups is 2. The number of H-pyrrole nitrogens is 1. The number of carbonyl (C=O) groups excluding carboxylic acids is 2. The summed E-state index contributed by atoms with van der Waals surface area (Å²) in [5.74, 6) is -0.736. The summed E-state index contributed by atoms with van der Waals surface area (Å²) in [5.41, 5.74) is 2.73. The van der Waals surface area contributed by atoms with Gasteiger partial charge in [0.25, 0.3) is 5.91 Å². The standard InChI is InChI=1S/C23H22ClFN4O3/c1-26-6-3-7-28-22(31)19-10-15-14-9-16(24)17(25)11-18(14)27-20(15)21(29(19)23(28)32)12-4-2-5-13(30)8-12/h2,4-5,8-9,11,19,21,26-27,30H,3,6-7,10H2,1H3/t19-,21?/m0/s1. The van der Waals surface area contributed by atoms with Gasteiger partial charge in [-0.1, -0.05) is 23.7 Å². The van der Waals surface area contributed by atoms with E-state index in [1.54, 1.807) is 35.2 Å². The molecule has 32 heavy (non-hydrogen) atoms. The second kappa shape index (κ2) is 7.79. The largest absolute Gasteiger partial charge is 0.508 e. The third-order valence-corrected chi connectivity index (χ3v) is 6.55. The lowest BCUT2D eigenvalue weighted by atomic mass is 9.89. The van der Waals surface area contributed by atoms with Gasteiger partial charge in [0.15, 0.2) is 0 Å². The third kappa shape index (κ3) is 3.13. The number of nitrogens with zero attached hydrogens (tertiary/aromatic N) is 2. The smallest absolute Gasteiger partial charge is 0.328 e. The molecule has 0 saturated carbocycles. The highest BCUT2D eigenvalue weighted by Crippen LogP contribution is 2.45. The number of hydrogen-bond donors (Lipinski definition) is 3. The van der Waals surface area contributed by atoms with Crippen molar-refractivity contribution in [1.29, 1.82) is 0 Å². The number of phenols is 1. The summed E-state index contributed by atoms with van der Waals surface area (Å²) in [6, 6.07) is 7.84. The zero-order chi connectivity index (χ0) is 22.6. The summed E-state index contributed by atoms with van der Waals surface area (Å²) in [4.78, 5) is 32.8. The lowest BCUT2D eigenvalue weighted by molar-refractivity contribution is -0.128. The van der Waals surface area contributed by atoms with E-state index in [1.807, 2.05) is 7.05 Å².